The van der Waals surface area contributed by atoms with Gasteiger partial charge in [0.2, 0.25) is 0 Å². The van der Waals surface area contributed by atoms with E-state index in [1.807, 2.05) is 55.7 Å². The topological polar surface area (TPSA) is 42.8 Å². The van der Waals surface area contributed by atoms with Gasteiger partial charge in [0.25, 0.3) is 5.91 Å². The van der Waals surface area contributed by atoms with Crippen LogP contribution in [0.4, 0.5) is 4.39 Å². The Morgan fingerprint density at radius 3 is 2.48 bits per heavy atom. The number of quaternary nitrogens is 1. The summed E-state index contributed by atoms with van der Waals surface area (Å²) in [7, 11) is 1.99. The van der Waals surface area contributed by atoms with Crippen LogP contribution in [-0.2, 0) is 11.3 Å². The van der Waals surface area contributed by atoms with Crippen molar-refractivity contribution < 1.29 is 18.8 Å². The van der Waals surface area contributed by atoms with Gasteiger partial charge in [0.15, 0.2) is 6.54 Å². The van der Waals surface area contributed by atoms with E-state index in [4.69, 9.17) is 4.74 Å². The molecule has 0 saturated heterocycles. The zero-order valence-electron chi connectivity index (χ0n) is 16.7. The van der Waals surface area contributed by atoms with Crippen molar-refractivity contribution in [2.45, 2.75) is 19.5 Å². The number of ether oxygens (including phenoxy) is 1. The number of hydrogen-bond acceptors (Lipinski definition) is 3. The fourth-order valence-electron chi connectivity index (χ4n) is 3.20. The standard InChI is InChI=1S/C23H25FN2O2S/c1-3-28-20-12-6-17(7-13-20)15-26(2)16-22(27)25-23(21-5-4-14-29-21)18-8-10-19(24)11-9-18/h4-14,23H,3,15-16H2,1-2H3,(H,25,27)/p+1/t23-/m0/s1. The fraction of sp³-hybridized carbons (Fsp3) is 0.261. The molecule has 6 heteroatoms. The SMILES string of the molecule is CCOc1ccc(C[NH+](C)CC(=O)N[C@@H](c2ccc(F)cc2)c2cccs2)cc1. The molecule has 0 aliphatic rings. The summed E-state index contributed by atoms with van der Waals surface area (Å²) < 4.78 is 18.8. The Hall–Kier alpha value is -2.70. The quantitative estimate of drug-likeness (QED) is 0.566. The molecule has 0 radical (unpaired) electrons. The highest BCUT2D eigenvalue weighted by molar-refractivity contribution is 7.10. The van der Waals surface area contributed by atoms with Gasteiger partial charge in [0.05, 0.1) is 19.7 Å². The number of carbonyl (C=O) groups excluding carboxylic acids is 1. The van der Waals surface area contributed by atoms with Gasteiger partial charge in [-0.1, -0.05) is 18.2 Å². The van der Waals surface area contributed by atoms with Crippen molar-refractivity contribution >= 4 is 17.2 Å². The molecular formula is C23H26FN2O2S+. The van der Waals surface area contributed by atoms with E-state index in [1.165, 1.54) is 12.1 Å². The number of thiophene rings is 1. The Balaban J connectivity index is 1.61. The van der Waals surface area contributed by atoms with Crippen molar-refractivity contribution in [2.24, 2.45) is 0 Å². The highest BCUT2D eigenvalue weighted by atomic mass is 32.1. The molecule has 2 atom stereocenters. The third-order valence-corrected chi connectivity index (χ3v) is 5.48. The number of amides is 1. The van der Waals surface area contributed by atoms with Crippen LogP contribution in [0, 0.1) is 5.82 Å². The third kappa shape index (κ3) is 6.14. The molecule has 152 valence electrons. The summed E-state index contributed by atoms with van der Waals surface area (Å²) in [6.45, 7) is 3.68. The minimum absolute atomic E-state index is 0.0452. The summed E-state index contributed by atoms with van der Waals surface area (Å²) in [6, 6.07) is 17.9. The second kappa shape index (κ2) is 10.2. The Labute approximate surface area is 174 Å². The van der Waals surface area contributed by atoms with E-state index in [9.17, 15) is 9.18 Å². The van der Waals surface area contributed by atoms with E-state index in [-0.39, 0.29) is 17.8 Å². The van der Waals surface area contributed by atoms with Crippen LogP contribution in [-0.4, -0.2) is 26.1 Å². The second-order valence-electron chi connectivity index (χ2n) is 6.96. The van der Waals surface area contributed by atoms with Gasteiger partial charge in [-0.15, -0.1) is 11.3 Å². The summed E-state index contributed by atoms with van der Waals surface area (Å²) in [5, 5.41) is 5.08. The van der Waals surface area contributed by atoms with Crippen LogP contribution in [0.5, 0.6) is 5.75 Å². The monoisotopic (exact) mass is 413 g/mol. The molecule has 0 fully saturated rings. The molecule has 0 aliphatic heterocycles. The number of hydrogen-bond donors (Lipinski definition) is 2. The molecule has 3 rings (SSSR count). The molecular weight excluding hydrogens is 387 g/mol. The third-order valence-electron chi connectivity index (χ3n) is 4.54. The van der Waals surface area contributed by atoms with Gasteiger partial charge in [-0.05, 0) is 60.3 Å². The smallest absolute Gasteiger partial charge is 0.275 e. The Morgan fingerprint density at radius 2 is 1.86 bits per heavy atom. The number of carbonyl (C=O) groups is 1. The lowest BCUT2D eigenvalue weighted by Gasteiger charge is -2.20. The van der Waals surface area contributed by atoms with Crippen molar-refractivity contribution in [1.29, 1.82) is 0 Å². The molecule has 1 aromatic heterocycles. The van der Waals surface area contributed by atoms with E-state index < -0.39 is 0 Å². The van der Waals surface area contributed by atoms with E-state index in [0.717, 1.165) is 33.2 Å². The molecule has 0 saturated carbocycles. The van der Waals surface area contributed by atoms with Gasteiger partial charge in [0.1, 0.15) is 18.1 Å². The lowest BCUT2D eigenvalue weighted by atomic mass is 10.1. The maximum atomic E-state index is 13.3. The Bertz CT molecular complexity index is 896. The average molecular weight is 414 g/mol. The predicted octanol–water partition coefficient (Wildman–Crippen LogP) is 3.21. The van der Waals surface area contributed by atoms with Crippen LogP contribution in [0.2, 0.25) is 0 Å². The second-order valence-corrected chi connectivity index (χ2v) is 7.93. The molecule has 4 nitrogen and oxygen atoms in total. The first-order chi connectivity index (χ1) is 14.0. The first-order valence-electron chi connectivity index (χ1n) is 9.66. The number of nitrogens with one attached hydrogen (secondary N) is 2. The van der Waals surface area contributed by atoms with Crippen LogP contribution < -0.4 is 15.0 Å². The fourth-order valence-corrected chi connectivity index (χ4v) is 4.00. The van der Waals surface area contributed by atoms with Crippen molar-refractivity contribution in [2.75, 3.05) is 20.2 Å². The van der Waals surface area contributed by atoms with Gasteiger partial charge in [-0.3, -0.25) is 4.79 Å². The van der Waals surface area contributed by atoms with Crippen molar-refractivity contribution in [3.63, 3.8) is 0 Å². The Morgan fingerprint density at radius 1 is 1.14 bits per heavy atom. The molecule has 1 heterocycles. The number of benzene rings is 2. The van der Waals surface area contributed by atoms with E-state index in [1.54, 1.807) is 23.5 Å². The lowest BCUT2D eigenvalue weighted by Crippen LogP contribution is -3.08. The number of halogens is 1. The normalized spacial score (nSPS) is 12.9. The molecule has 1 unspecified atom stereocenters. The summed E-state index contributed by atoms with van der Waals surface area (Å²) in [5.41, 5.74) is 2.01. The maximum absolute atomic E-state index is 13.3. The Kier molecular flexibility index (Phi) is 7.38. The van der Waals surface area contributed by atoms with Crippen LogP contribution in [0.25, 0.3) is 0 Å². The number of rotatable bonds is 9. The van der Waals surface area contributed by atoms with Gasteiger partial charge < -0.3 is 15.0 Å². The average Bonchev–Trinajstić information content (AvgIpc) is 3.23. The van der Waals surface area contributed by atoms with Gasteiger partial charge in [0, 0.05) is 10.4 Å². The summed E-state index contributed by atoms with van der Waals surface area (Å²) in [6.07, 6.45) is 0. The van der Waals surface area contributed by atoms with Crippen molar-refractivity contribution in [3.8, 4) is 5.75 Å². The number of likely N-dealkylation sites (N-methyl/N-ethyl adjacent to an activating group) is 1. The van der Waals surface area contributed by atoms with Gasteiger partial charge in [-0.2, -0.15) is 0 Å². The minimum Gasteiger partial charge on any atom is -0.494 e. The summed E-state index contributed by atoms with van der Waals surface area (Å²) >= 11 is 1.57. The van der Waals surface area contributed by atoms with Gasteiger partial charge >= 0.3 is 0 Å². The first-order valence-corrected chi connectivity index (χ1v) is 10.5. The van der Waals surface area contributed by atoms with E-state index in [0.29, 0.717) is 13.2 Å². The van der Waals surface area contributed by atoms with Crippen LogP contribution in [0.15, 0.2) is 66.0 Å². The van der Waals surface area contributed by atoms with Crippen molar-refractivity contribution in [1.82, 2.24) is 5.32 Å². The van der Waals surface area contributed by atoms with Crippen LogP contribution in [0.3, 0.4) is 0 Å². The molecule has 3 aromatic rings. The highest BCUT2D eigenvalue weighted by Crippen LogP contribution is 2.26. The molecule has 29 heavy (non-hydrogen) atoms. The zero-order chi connectivity index (χ0) is 20.6. The van der Waals surface area contributed by atoms with Crippen molar-refractivity contribution in [3.05, 3.63) is 87.9 Å². The largest absolute Gasteiger partial charge is 0.494 e. The van der Waals surface area contributed by atoms with Gasteiger partial charge in [-0.25, -0.2) is 4.39 Å². The molecule has 2 N–H and O–H groups in total. The lowest BCUT2D eigenvalue weighted by molar-refractivity contribution is -0.885. The molecule has 0 spiro atoms. The maximum Gasteiger partial charge on any atom is 0.275 e. The first kappa shape index (κ1) is 21.0. The predicted molar refractivity (Wildman–Crippen MR) is 114 cm³/mol. The molecule has 1 amide bonds. The molecule has 0 bridgehead atoms. The highest BCUT2D eigenvalue weighted by Gasteiger charge is 2.20. The zero-order valence-corrected chi connectivity index (χ0v) is 17.5. The molecule has 0 aliphatic carbocycles. The van der Waals surface area contributed by atoms with E-state index in [2.05, 4.69) is 5.32 Å². The van der Waals surface area contributed by atoms with Crippen LogP contribution >= 0.6 is 11.3 Å². The van der Waals surface area contributed by atoms with Crippen LogP contribution in [0.1, 0.15) is 29.0 Å². The van der Waals surface area contributed by atoms with E-state index >= 15 is 0 Å². The minimum atomic E-state index is -0.287. The summed E-state index contributed by atoms with van der Waals surface area (Å²) in [5.74, 6) is 0.519. The molecule has 2 aromatic carbocycles. The summed E-state index contributed by atoms with van der Waals surface area (Å²) in [4.78, 5) is 14.8.